The number of ether oxygens (including phenoxy) is 3. The highest BCUT2D eigenvalue weighted by atomic mass is 32.1. The largest absolute Gasteiger partial charge is 0.477 e. The number of amides is 3. The average molecular weight is 430 g/mol. The van der Waals surface area contributed by atoms with E-state index in [4.69, 9.17) is 14.2 Å². The van der Waals surface area contributed by atoms with Crippen molar-refractivity contribution < 1.29 is 33.7 Å². The second-order valence-corrected chi connectivity index (χ2v) is 8.19. The SMILES string of the molecule is COCC[N+]1(C(C)COC)C(=O)N(C(C)COC)C(=O)c2c1sc(C(=O)O)c2C. The van der Waals surface area contributed by atoms with Crippen LogP contribution in [0, 0.1) is 6.92 Å². The minimum Gasteiger partial charge on any atom is -0.477 e. The molecule has 0 aliphatic carbocycles. The molecule has 1 aromatic heterocycles. The van der Waals surface area contributed by atoms with E-state index in [1.54, 1.807) is 13.8 Å². The molecule has 2 rings (SSSR count). The third-order valence-electron chi connectivity index (χ3n) is 5.32. The molecule has 1 N–H and O–H groups in total. The Morgan fingerprint density at radius 3 is 2.28 bits per heavy atom. The van der Waals surface area contributed by atoms with E-state index >= 15 is 0 Å². The van der Waals surface area contributed by atoms with Crippen molar-refractivity contribution in [2.24, 2.45) is 0 Å². The van der Waals surface area contributed by atoms with Crippen LogP contribution in [0.2, 0.25) is 0 Å². The van der Waals surface area contributed by atoms with Gasteiger partial charge in [0, 0.05) is 21.3 Å². The number of nitrogens with zero attached hydrogens (tertiary/aromatic N) is 2. The van der Waals surface area contributed by atoms with Crippen LogP contribution in [0.25, 0.3) is 0 Å². The molecule has 0 spiro atoms. The number of aromatic carboxylic acids is 1. The Bertz CT molecular complexity index is 794. The Kier molecular flexibility index (Phi) is 7.52. The number of rotatable bonds is 10. The van der Waals surface area contributed by atoms with Crippen LogP contribution in [-0.4, -0.2) is 87.7 Å². The number of thiophene rings is 1. The van der Waals surface area contributed by atoms with E-state index in [2.05, 4.69) is 0 Å². The zero-order valence-electron chi connectivity index (χ0n) is 17.7. The van der Waals surface area contributed by atoms with E-state index < -0.39 is 23.9 Å². The van der Waals surface area contributed by atoms with E-state index in [-0.39, 0.29) is 47.3 Å². The molecule has 3 unspecified atom stereocenters. The highest BCUT2D eigenvalue weighted by molar-refractivity contribution is 7.18. The Morgan fingerprint density at radius 2 is 1.76 bits per heavy atom. The molecule has 0 radical (unpaired) electrons. The first-order valence-corrected chi connectivity index (χ1v) is 10.1. The van der Waals surface area contributed by atoms with Crippen molar-refractivity contribution in [3.05, 3.63) is 16.0 Å². The molecular weight excluding hydrogens is 400 g/mol. The number of fused-ring (bicyclic) bond motifs is 1. The maximum Gasteiger partial charge on any atom is 0.432 e. The summed E-state index contributed by atoms with van der Waals surface area (Å²) < 4.78 is 15.5. The number of carboxylic acids is 1. The summed E-state index contributed by atoms with van der Waals surface area (Å²) >= 11 is 0.978. The van der Waals surface area contributed by atoms with Crippen LogP contribution in [0.15, 0.2) is 0 Å². The topological polar surface area (TPSA) is 102 Å². The lowest BCUT2D eigenvalue weighted by atomic mass is 10.0. The molecule has 0 saturated carbocycles. The summed E-state index contributed by atoms with van der Waals surface area (Å²) in [6.07, 6.45) is 0. The van der Waals surface area contributed by atoms with Crippen molar-refractivity contribution in [1.82, 2.24) is 9.38 Å². The van der Waals surface area contributed by atoms with Crippen molar-refractivity contribution >= 4 is 34.2 Å². The molecule has 1 aliphatic heterocycles. The van der Waals surface area contributed by atoms with Crippen LogP contribution < -0.4 is 4.48 Å². The number of imide groups is 1. The lowest BCUT2D eigenvalue weighted by Gasteiger charge is -2.45. The molecule has 29 heavy (non-hydrogen) atoms. The summed E-state index contributed by atoms with van der Waals surface area (Å²) in [5.74, 6) is -1.62. The number of hydrogen-bond acceptors (Lipinski definition) is 7. The Labute approximate surface area is 174 Å². The molecule has 0 bridgehead atoms. The highest BCUT2D eigenvalue weighted by Crippen LogP contribution is 2.46. The molecule has 3 amide bonds. The van der Waals surface area contributed by atoms with Gasteiger partial charge in [0.1, 0.15) is 23.0 Å². The van der Waals surface area contributed by atoms with Gasteiger partial charge in [-0.25, -0.2) is 14.5 Å². The quantitative estimate of drug-likeness (QED) is 0.570. The normalized spacial score (nSPS) is 21.2. The first-order chi connectivity index (χ1) is 13.7. The van der Waals surface area contributed by atoms with Gasteiger partial charge in [-0.15, -0.1) is 0 Å². The Balaban J connectivity index is 2.83. The van der Waals surface area contributed by atoms with Gasteiger partial charge in [-0.2, -0.15) is 4.48 Å². The van der Waals surface area contributed by atoms with E-state index in [9.17, 15) is 19.5 Å². The van der Waals surface area contributed by atoms with E-state index in [1.807, 2.05) is 6.92 Å². The van der Waals surface area contributed by atoms with Gasteiger partial charge in [0.15, 0.2) is 0 Å². The Hall–Kier alpha value is -1.85. The fraction of sp³-hybridized carbons (Fsp3) is 0.632. The smallest absolute Gasteiger partial charge is 0.432 e. The van der Waals surface area contributed by atoms with Crippen molar-refractivity contribution in [2.75, 3.05) is 47.7 Å². The van der Waals surface area contributed by atoms with Gasteiger partial charge in [-0.1, -0.05) is 11.3 Å². The van der Waals surface area contributed by atoms with Gasteiger partial charge in [-0.3, -0.25) is 4.79 Å². The first kappa shape index (κ1) is 23.4. The lowest BCUT2D eigenvalue weighted by molar-refractivity contribution is 0.0415. The molecule has 3 atom stereocenters. The van der Waals surface area contributed by atoms with Crippen LogP contribution >= 0.6 is 11.3 Å². The van der Waals surface area contributed by atoms with Gasteiger partial charge in [-0.05, 0) is 26.3 Å². The molecule has 10 heteroatoms. The number of carbonyl (C=O) groups excluding carboxylic acids is 2. The summed E-state index contributed by atoms with van der Waals surface area (Å²) in [7, 11) is 4.57. The highest BCUT2D eigenvalue weighted by Gasteiger charge is 2.58. The Morgan fingerprint density at radius 1 is 1.14 bits per heavy atom. The summed E-state index contributed by atoms with van der Waals surface area (Å²) in [6, 6.07) is -1.31. The predicted molar refractivity (Wildman–Crippen MR) is 109 cm³/mol. The van der Waals surface area contributed by atoms with Crippen molar-refractivity contribution in [2.45, 2.75) is 32.9 Å². The number of quaternary nitrogens is 1. The maximum atomic E-state index is 13.8. The predicted octanol–water partition coefficient (Wildman–Crippen LogP) is 2.35. The molecule has 1 aliphatic rings. The van der Waals surface area contributed by atoms with E-state index in [0.29, 0.717) is 10.6 Å². The summed E-state index contributed by atoms with van der Waals surface area (Å²) in [4.78, 5) is 40.2. The molecule has 1 aromatic rings. The van der Waals surface area contributed by atoms with Gasteiger partial charge in [0.05, 0.1) is 25.9 Å². The molecule has 0 saturated heterocycles. The average Bonchev–Trinajstić information content (AvgIpc) is 3.00. The van der Waals surface area contributed by atoms with Gasteiger partial charge >= 0.3 is 12.0 Å². The molecular formula is C19H29N2O7S+. The summed E-state index contributed by atoms with van der Waals surface area (Å²) in [6.45, 7) is 6.10. The third kappa shape index (κ3) is 3.82. The standard InChI is InChI=1S/C19H28N2O7S/c1-11(9-27-5)20-16(22)14-13(3)15(18(23)24)29-17(14)21(19(20)25,7-8-26-4)12(2)10-28-6/h11-12H,7-10H2,1-6H3/p+1. The van der Waals surface area contributed by atoms with Crippen LogP contribution in [0.4, 0.5) is 9.80 Å². The number of carboxylic acid groups (broad SMARTS) is 1. The molecule has 2 heterocycles. The monoisotopic (exact) mass is 429 g/mol. The fourth-order valence-electron chi connectivity index (χ4n) is 3.84. The van der Waals surface area contributed by atoms with Crippen molar-refractivity contribution in [1.29, 1.82) is 0 Å². The molecule has 0 aromatic carbocycles. The zero-order chi connectivity index (χ0) is 21.9. The number of hydrogen-bond donors (Lipinski definition) is 1. The minimum atomic E-state index is -1.12. The van der Waals surface area contributed by atoms with Gasteiger partial charge in [0.2, 0.25) is 5.00 Å². The second-order valence-electron chi connectivity index (χ2n) is 7.19. The number of urea groups is 1. The lowest BCUT2D eigenvalue weighted by Crippen LogP contribution is -2.71. The third-order valence-corrected chi connectivity index (χ3v) is 6.73. The number of methoxy groups -OCH3 is 3. The van der Waals surface area contributed by atoms with Crippen molar-refractivity contribution in [3.8, 4) is 0 Å². The van der Waals surface area contributed by atoms with Gasteiger partial charge < -0.3 is 19.3 Å². The summed E-state index contributed by atoms with van der Waals surface area (Å²) in [5, 5.41) is 10.1. The first-order valence-electron chi connectivity index (χ1n) is 9.28. The minimum absolute atomic E-state index is 0.0573. The van der Waals surface area contributed by atoms with E-state index in [1.165, 1.54) is 26.2 Å². The second kappa shape index (κ2) is 9.31. The van der Waals surface area contributed by atoms with Gasteiger partial charge in [0.25, 0.3) is 5.91 Å². The zero-order valence-corrected chi connectivity index (χ0v) is 18.5. The van der Waals surface area contributed by atoms with Crippen LogP contribution in [-0.2, 0) is 14.2 Å². The molecule has 162 valence electrons. The van der Waals surface area contributed by atoms with Crippen molar-refractivity contribution in [3.63, 3.8) is 0 Å². The van der Waals surface area contributed by atoms with Crippen LogP contribution in [0.5, 0.6) is 0 Å². The summed E-state index contributed by atoms with van der Waals surface area (Å²) in [5.41, 5.74) is 0.642. The van der Waals surface area contributed by atoms with E-state index in [0.717, 1.165) is 11.3 Å². The van der Waals surface area contributed by atoms with Crippen LogP contribution in [0.1, 0.15) is 39.4 Å². The number of carbonyl (C=O) groups is 3. The molecule has 0 fully saturated rings. The maximum absolute atomic E-state index is 13.8. The fourth-order valence-corrected chi connectivity index (χ4v) is 5.23. The van der Waals surface area contributed by atoms with Crippen LogP contribution in [0.3, 0.4) is 0 Å². The molecule has 9 nitrogen and oxygen atoms in total.